The molecule has 4 fully saturated rings. The molecule has 30 heavy (non-hydrogen) atoms. The van der Waals surface area contributed by atoms with Crippen LogP contribution in [0.25, 0.3) is 0 Å². The second-order valence-electron chi connectivity index (χ2n) is 11.6. The van der Waals surface area contributed by atoms with E-state index in [4.69, 9.17) is 10.6 Å². The molecule has 4 saturated carbocycles. The number of hydrogen-bond donors (Lipinski definition) is 4. The molecule has 4 aliphatic carbocycles. The Morgan fingerprint density at radius 3 is 2.63 bits per heavy atom. The summed E-state index contributed by atoms with van der Waals surface area (Å²) in [6.07, 6.45) is 13.1. The number of nitrogens with two attached hydrogens (primary N) is 1. The predicted octanol–water partition coefficient (Wildman–Crippen LogP) is 3.77. The van der Waals surface area contributed by atoms with E-state index in [2.05, 4.69) is 19.3 Å². The number of aliphatic hydroxyl groups excluding tert-OH is 1. The molecule has 4 rings (SSSR count). The van der Waals surface area contributed by atoms with Crippen LogP contribution in [0.4, 0.5) is 0 Å². The van der Waals surface area contributed by atoms with Gasteiger partial charge in [0.25, 0.3) is 0 Å². The first-order valence-electron chi connectivity index (χ1n) is 12.8. The molecule has 0 aliphatic heterocycles. The van der Waals surface area contributed by atoms with Crippen LogP contribution < -0.4 is 11.2 Å². The average molecular weight is 423 g/mol. The van der Waals surface area contributed by atoms with Gasteiger partial charge in [-0.3, -0.25) is 0 Å². The minimum Gasteiger partial charge on any atom is -0.393 e. The van der Waals surface area contributed by atoms with Gasteiger partial charge in [0.05, 0.1) is 18.3 Å². The van der Waals surface area contributed by atoms with E-state index >= 15 is 0 Å². The lowest BCUT2D eigenvalue weighted by atomic mass is 9.43. The van der Waals surface area contributed by atoms with Crippen molar-refractivity contribution in [1.29, 1.82) is 0 Å². The number of aliphatic hydroxyl groups is 2. The van der Waals surface area contributed by atoms with Crippen molar-refractivity contribution in [3.05, 3.63) is 0 Å². The number of hydrogen-bond acceptors (Lipinski definition) is 5. The first-order chi connectivity index (χ1) is 14.3. The Labute approximate surface area is 183 Å². The number of hydroxylamine groups is 1. The van der Waals surface area contributed by atoms with Crippen LogP contribution in [0.15, 0.2) is 0 Å². The van der Waals surface area contributed by atoms with E-state index in [1.165, 1.54) is 32.1 Å². The zero-order chi connectivity index (χ0) is 21.4. The molecule has 0 aromatic heterocycles. The van der Waals surface area contributed by atoms with Crippen LogP contribution in [0.1, 0.15) is 90.9 Å². The van der Waals surface area contributed by atoms with Gasteiger partial charge in [0.15, 0.2) is 0 Å². The van der Waals surface area contributed by atoms with E-state index in [1.807, 2.05) is 0 Å². The third kappa shape index (κ3) is 3.77. The molecule has 0 spiro atoms. The Bertz CT molecular complexity index is 589. The maximum Gasteiger partial charge on any atom is 0.0734 e. The lowest BCUT2D eigenvalue weighted by molar-refractivity contribution is -0.210. The Morgan fingerprint density at radius 1 is 1.00 bits per heavy atom. The second kappa shape index (κ2) is 8.97. The number of rotatable bonds is 8. The van der Waals surface area contributed by atoms with E-state index in [-0.39, 0.29) is 11.5 Å². The fourth-order valence-corrected chi connectivity index (χ4v) is 8.50. The average Bonchev–Trinajstić information content (AvgIpc) is 2.99. The van der Waals surface area contributed by atoms with Crippen LogP contribution in [-0.4, -0.2) is 41.6 Å². The summed E-state index contributed by atoms with van der Waals surface area (Å²) < 4.78 is 0. The highest BCUT2D eigenvalue weighted by Gasteiger charge is 2.66. The fourth-order valence-electron chi connectivity index (χ4n) is 8.50. The smallest absolute Gasteiger partial charge is 0.0734 e. The van der Waals surface area contributed by atoms with E-state index < -0.39 is 5.60 Å². The van der Waals surface area contributed by atoms with Gasteiger partial charge in [-0.25, -0.2) is 5.48 Å². The third-order valence-electron chi connectivity index (χ3n) is 10.4. The van der Waals surface area contributed by atoms with E-state index in [9.17, 15) is 10.2 Å². The van der Waals surface area contributed by atoms with Crippen molar-refractivity contribution in [3.63, 3.8) is 0 Å². The number of nitrogens with one attached hydrogen (secondary N) is 1. The summed E-state index contributed by atoms with van der Waals surface area (Å²) in [7, 11) is 0. The maximum absolute atomic E-state index is 12.2. The van der Waals surface area contributed by atoms with Gasteiger partial charge in [0.2, 0.25) is 0 Å². The maximum atomic E-state index is 12.2. The van der Waals surface area contributed by atoms with Crippen molar-refractivity contribution in [3.8, 4) is 0 Å². The molecule has 5 nitrogen and oxygen atoms in total. The Hall–Kier alpha value is -0.200. The summed E-state index contributed by atoms with van der Waals surface area (Å²) in [5.41, 5.74) is 8.47. The van der Waals surface area contributed by atoms with Crippen molar-refractivity contribution in [1.82, 2.24) is 5.48 Å². The van der Waals surface area contributed by atoms with Gasteiger partial charge >= 0.3 is 0 Å². The molecule has 0 radical (unpaired) electrons. The van der Waals surface area contributed by atoms with Gasteiger partial charge in [0, 0.05) is 6.54 Å². The molecule has 0 heterocycles. The molecule has 5 N–H and O–H groups in total. The zero-order valence-corrected chi connectivity index (χ0v) is 19.4. The molecule has 4 aliphatic rings. The largest absolute Gasteiger partial charge is 0.393 e. The van der Waals surface area contributed by atoms with E-state index in [0.717, 1.165) is 51.5 Å². The van der Waals surface area contributed by atoms with Gasteiger partial charge in [-0.1, -0.05) is 13.8 Å². The van der Waals surface area contributed by atoms with Crippen LogP contribution in [0.2, 0.25) is 0 Å². The zero-order valence-electron chi connectivity index (χ0n) is 19.4. The van der Waals surface area contributed by atoms with Crippen molar-refractivity contribution >= 4 is 0 Å². The highest BCUT2D eigenvalue weighted by Crippen LogP contribution is 2.69. The van der Waals surface area contributed by atoms with Crippen LogP contribution in [0.3, 0.4) is 0 Å². The highest BCUT2D eigenvalue weighted by atomic mass is 16.6. The minimum atomic E-state index is -0.490. The van der Waals surface area contributed by atoms with E-state index in [0.29, 0.717) is 42.2 Å². The first-order valence-corrected chi connectivity index (χ1v) is 12.8. The summed E-state index contributed by atoms with van der Waals surface area (Å²) in [6.45, 7) is 7.13. The molecule has 0 unspecified atom stereocenters. The molecule has 0 aromatic carbocycles. The molecule has 0 aromatic rings. The third-order valence-corrected chi connectivity index (χ3v) is 10.4. The van der Waals surface area contributed by atoms with Gasteiger partial charge in [-0.05, 0) is 118 Å². The Kier molecular flexibility index (Phi) is 6.87. The lowest BCUT2D eigenvalue weighted by Gasteiger charge is -2.63. The quantitative estimate of drug-likeness (QED) is 0.353. The normalized spacial score (nSPS) is 48.1. The van der Waals surface area contributed by atoms with Gasteiger partial charge in [0.1, 0.15) is 0 Å². The summed E-state index contributed by atoms with van der Waals surface area (Å²) in [5.74, 6) is 2.36. The molecular formula is C25H46N2O3. The van der Waals surface area contributed by atoms with Crippen LogP contribution in [-0.2, 0) is 4.84 Å². The van der Waals surface area contributed by atoms with Gasteiger partial charge in [-0.2, -0.15) is 0 Å². The van der Waals surface area contributed by atoms with Crippen LogP contribution in [0, 0.1) is 34.5 Å². The summed E-state index contributed by atoms with van der Waals surface area (Å²) in [6, 6.07) is 0. The monoisotopic (exact) mass is 422 g/mol. The minimum absolute atomic E-state index is 0.0615. The van der Waals surface area contributed by atoms with E-state index in [1.54, 1.807) is 0 Å². The molecule has 174 valence electrons. The van der Waals surface area contributed by atoms with Crippen molar-refractivity contribution in [2.45, 2.75) is 103 Å². The topological polar surface area (TPSA) is 87.7 Å². The lowest BCUT2D eigenvalue weighted by Crippen LogP contribution is -2.62. The number of fused-ring (bicyclic) bond motifs is 5. The first kappa shape index (κ1) is 23.0. The fraction of sp³-hybridized carbons (Fsp3) is 1.00. The summed E-state index contributed by atoms with van der Waals surface area (Å²) in [5, 5.41) is 22.4. The molecule has 0 bridgehead atoms. The van der Waals surface area contributed by atoms with Gasteiger partial charge < -0.3 is 20.8 Å². The SMILES string of the molecule is C[C@]12CC[C@H](O)C[C@H]1CC[C@@H]1[C@@H]2CC[C@]2(C)[C@@H](CCCNOCCCN)CC[C@]12O. The molecule has 0 saturated heterocycles. The van der Waals surface area contributed by atoms with Crippen molar-refractivity contribution < 1.29 is 15.1 Å². The van der Waals surface area contributed by atoms with Gasteiger partial charge in [-0.15, -0.1) is 0 Å². The Morgan fingerprint density at radius 2 is 1.83 bits per heavy atom. The molecule has 0 amide bonds. The second-order valence-corrected chi connectivity index (χ2v) is 11.6. The molecular weight excluding hydrogens is 376 g/mol. The summed E-state index contributed by atoms with van der Waals surface area (Å²) >= 11 is 0. The molecule has 5 heteroatoms. The van der Waals surface area contributed by atoms with Crippen LogP contribution >= 0.6 is 0 Å². The van der Waals surface area contributed by atoms with Crippen LogP contribution in [0.5, 0.6) is 0 Å². The highest BCUT2D eigenvalue weighted by molar-refractivity contribution is 5.16. The standard InChI is InChI=1S/C25H46N2O3/c1-23-11-9-20(28)17-19(23)6-7-22-21(23)10-12-24(2)18(8-13-25(22,24)29)5-3-15-27-30-16-4-14-26/h18-22,27-29H,3-17,26H2,1-2H3/t18-,19+,20-,21-,22+,23-,24+,25-/m0/s1. The Balaban J connectivity index is 1.38. The van der Waals surface area contributed by atoms with Crippen molar-refractivity contribution in [2.24, 2.45) is 40.2 Å². The molecule has 8 atom stereocenters. The predicted molar refractivity (Wildman–Crippen MR) is 120 cm³/mol. The van der Waals surface area contributed by atoms with Crippen molar-refractivity contribution in [2.75, 3.05) is 19.7 Å². The summed E-state index contributed by atoms with van der Waals surface area (Å²) in [4.78, 5) is 5.43.